The molecule has 1 aliphatic heterocycles. The van der Waals surface area contributed by atoms with Gasteiger partial charge in [-0.2, -0.15) is 0 Å². The van der Waals surface area contributed by atoms with E-state index in [1.54, 1.807) is 24.0 Å². The highest BCUT2D eigenvalue weighted by Crippen LogP contribution is 2.31. The predicted octanol–water partition coefficient (Wildman–Crippen LogP) is 1.96. The molecule has 0 bridgehead atoms. The van der Waals surface area contributed by atoms with E-state index in [0.717, 1.165) is 18.4 Å². The van der Waals surface area contributed by atoms with Crippen LogP contribution < -0.4 is 5.73 Å². The van der Waals surface area contributed by atoms with E-state index in [1.807, 2.05) is 12.1 Å². The van der Waals surface area contributed by atoms with Crippen molar-refractivity contribution in [3.8, 4) is 0 Å². The van der Waals surface area contributed by atoms with Gasteiger partial charge in [0.05, 0.1) is 12.1 Å². The van der Waals surface area contributed by atoms with Crippen LogP contribution in [0.25, 0.3) is 0 Å². The molecule has 0 radical (unpaired) electrons. The Kier molecular flexibility index (Phi) is 5.02. The van der Waals surface area contributed by atoms with Crippen LogP contribution in [0.4, 0.5) is 0 Å². The van der Waals surface area contributed by atoms with E-state index < -0.39 is 12.1 Å². The normalized spacial score (nSPS) is 19.7. The molecule has 110 valence electrons. The maximum Gasteiger partial charge on any atom is 0.239 e. The molecule has 3 N–H and O–H groups in total. The third-order valence-corrected chi connectivity index (χ3v) is 4.15. The van der Waals surface area contributed by atoms with Crippen LogP contribution >= 0.6 is 11.6 Å². The average molecular weight is 297 g/mol. The number of halogens is 1. The number of nitrogens with two attached hydrogens (primary N) is 1. The minimum absolute atomic E-state index is 0.00978. The topological polar surface area (TPSA) is 66.6 Å². The summed E-state index contributed by atoms with van der Waals surface area (Å²) in [5.74, 6) is 0.165. The molecular weight excluding hydrogens is 276 g/mol. The first-order chi connectivity index (χ1) is 9.49. The fourth-order valence-corrected chi connectivity index (χ4v) is 2.78. The maximum atomic E-state index is 11.8. The molecule has 1 amide bonds. The fourth-order valence-electron chi connectivity index (χ4n) is 2.66. The second-order valence-corrected chi connectivity index (χ2v) is 5.88. The lowest BCUT2D eigenvalue weighted by atomic mass is 9.87. The molecule has 2 rings (SSSR count). The van der Waals surface area contributed by atoms with Gasteiger partial charge in [-0.1, -0.05) is 23.7 Å². The van der Waals surface area contributed by atoms with Crippen molar-refractivity contribution in [3.63, 3.8) is 0 Å². The smallest absolute Gasteiger partial charge is 0.239 e. The van der Waals surface area contributed by atoms with E-state index in [0.29, 0.717) is 18.1 Å². The first-order valence-electron chi connectivity index (χ1n) is 6.97. The first-order valence-corrected chi connectivity index (χ1v) is 7.34. The molecule has 0 saturated carbocycles. The molecule has 1 fully saturated rings. The largest absolute Gasteiger partial charge is 0.388 e. The second-order valence-electron chi connectivity index (χ2n) is 5.45. The SMILES string of the molecule is C[C@H](N)C(=O)N1CCC([C@@H](O)c2ccc(Cl)cc2)CC1. The molecule has 0 unspecified atom stereocenters. The van der Waals surface area contributed by atoms with Crippen molar-refractivity contribution in [1.29, 1.82) is 0 Å². The Balaban J connectivity index is 1.93. The van der Waals surface area contributed by atoms with Crippen LogP contribution in [-0.4, -0.2) is 35.0 Å². The van der Waals surface area contributed by atoms with E-state index in [-0.39, 0.29) is 11.8 Å². The average Bonchev–Trinajstić information content (AvgIpc) is 2.46. The summed E-state index contributed by atoms with van der Waals surface area (Å²) in [6.07, 6.45) is 1.09. The summed E-state index contributed by atoms with van der Waals surface area (Å²) in [6, 6.07) is 6.83. The van der Waals surface area contributed by atoms with Crippen LogP contribution in [0.5, 0.6) is 0 Å². The number of carbonyl (C=O) groups is 1. The third kappa shape index (κ3) is 3.51. The van der Waals surface area contributed by atoms with Crippen LogP contribution in [0.1, 0.15) is 31.4 Å². The maximum absolute atomic E-state index is 11.8. The molecule has 0 aromatic heterocycles. The Labute approximate surface area is 124 Å². The highest BCUT2D eigenvalue weighted by atomic mass is 35.5. The van der Waals surface area contributed by atoms with Gasteiger partial charge in [-0.05, 0) is 43.4 Å². The van der Waals surface area contributed by atoms with Crippen molar-refractivity contribution >= 4 is 17.5 Å². The number of hydrogen-bond donors (Lipinski definition) is 2. The highest BCUT2D eigenvalue weighted by Gasteiger charge is 2.29. The number of piperidine rings is 1. The highest BCUT2D eigenvalue weighted by molar-refractivity contribution is 6.30. The summed E-state index contributed by atoms with van der Waals surface area (Å²) in [5.41, 5.74) is 6.49. The zero-order chi connectivity index (χ0) is 14.7. The van der Waals surface area contributed by atoms with Crippen molar-refractivity contribution < 1.29 is 9.90 Å². The number of likely N-dealkylation sites (tertiary alicyclic amines) is 1. The van der Waals surface area contributed by atoms with Gasteiger partial charge in [0.1, 0.15) is 0 Å². The van der Waals surface area contributed by atoms with Crippen LogP contribution in [-0.2, 0) is 4.79 Å². The van der Waals surface area contributed by atoms with Gasteiger partial charge in [-0.25, -0.2) is 0 Å². The number of amides is 1. The summed E-state index contributed by atoms with van der Waals surface area (Å²) in [6.45, 7) is 3.03. The molecule has 1 heterocycles. The minimum atomic E-state index is -0.500. The number of aliphatic hydroxyl groups is 1. The van der Waals surface area contributed by atoms with Crippen LogP contribution in [0.3, 0.4) is 0 Å². The Bertz CT molecular complexity index is 453. The van der Waals surface area contributed by atoms with E-state index in [1.165, 1.54) is 0 Å². The molecule has 2 atom stereocenters. The van der Waals surface area contributed by atoms with Crippen molar-refractivity contribution in [3.05, 3.63) is 34.9 Å². The monoisotopic (exact) mass is 296 g/mol. The zero-order valence-electron chi connectivity index (χ0n) is 11.6. The molecule has 20 heavy (non-hydrogen) atoms. The van der Waals surface area contributed by atoms with Gasteiger partial charge in [0.2, 0.25) is 5.91 Å². The van der Waals surface area contributed by atoms with E-state index in [9.17, 15) is 9.90 Å². The first kappa shape index (κ1) is 15.3. The Hall–Kier alpha value is -1.10. The lowest BCUT2D eigenvalue weighted by molar-refractivity contribution is -0.134. The molecule has 0 aliphatic carbocycles. The fraction of sp³-hybridized carbons (Fsp3) is 0.533. The van der Waals surface area contributed by atoms with Gasteiger partial charge in [-0.15, -0.1) is 0 Å². The number of benzene rings is 1. The molecule has 1 aromatic rings. The van der Waals surface area contributed by atoms with Gasteiger partial charge in [0, 0.05) is 18.1 Å². The van der Waals surface area contributed by atoms with Gasteiger partial charge >= 0.3 is 0 Å². The molecule has 5 heteroatoms. The van der Waals surface area contributed by atoms with Crippen LogP contribution in [0.2, 0.25) is 5.02 Å². The van der Waals surface area contributed by atoms with E-state index >= 15 is 0 Å². The van der Waals surface area contributed by atoms with Gasteiger partial charge in [-0.3, -0.25) is 4.79 Å². The minimum Gasteiger partial charge on any atom is -0.388 e. The van der Waals surface area contributed by atoms with Crippen LogP contribution in [0, 0.1) is 5.92 Å². The third-order valence-electron chi connectivity index (χ3n) is 3.90. The molecule has 4 nitrogen and oxygen atoms in total. The molecule has 0 spiro atoms. The predicted molar refractivity (Wildman–Crippen MR) is 79.4 cm³/mol. The number of aliphatic hydroxyl groups excluding tert-OH is 1. The summed E-state index contributed by atoms with van der Waals surface area (Å²) in [4.78, 5) is 13.6. The van der Waals surface area contributed by atoms with Crippen LogP contribution in [0.15, 0.2) is 24.3 Å². The zero-order valence-corrected chi connectivity index (χ0v) is 12.4. The Morgan fingerprint density at radius 3 is 2.40 bits per heavy atom. The number of carbonyl (C=O) groups excluding carboxylic acids is 1. The molecular formula is C15H21ClN2O2. The summed E-state index contributed by atoms with van der Waals surface area (Å²) < 4.78 is 0. The van der Waals surface area contributed by atoms with E-state index in [2.05, 4.69) is 0 Å². The number of nitrogens with zero attached hydrogens (tertiary/aromatic N) is 1. The number of rotatable bonds is 3. The van der Waals surface area contributed by atoms with Gasteiger partial charge in [0.25, 0.3) is 0 Å². The Morgan fingerprint density at radius 1 is 1.35 bits per heavy atom. The Morgan fingerprint density at radius 2 is 1.90 bits per heavy atom. The molecule has 1 saturated heterocycles. The molecule has 1 aliphatic rings. The summed E-state index contributed by atoms with van der Waals surface area (Å²) in [5, 5.41) is 11.1. The van der Waals surface area contributed by atoms with Crippen molar-refractivity contribution in [2.45, 2.75) is 31.9 Å². The van der Waals surface area contributed by atoms with E-state index in [4.69, 9.17) is 17.3 Å². The van der Waals surface area contributed by atoms with Crippen molar-refractivity contribution in [1.82, 2.24) is 4.90 Å². The van der Waals surface area contributed by atoms with Gasteiger partial charge in [0.15, 0.2) is 0 Å². The lowest BCUT2D eigenvalue weighted by Gasteiger charge is -2.35. The van der Waals surface area contributed by atoms with Crippen molar-refractivity contribution in [2.75, 3.05) is 13.1 Å². The molecule has 1 aromatic carbocycles. The lowest BCUT2D eigenvalue weighted by Crippen LogP contribution is -2.46. The second kappa shape index (κ2) is 6.57. The summed E-state index contributed by atoms with van der Waals surface area (Å²) >= 11 is 5.85. The quantitative estimate of drug-likeness (QED) is 0.896. The summed E-state index contributed by atoms with van der Waals surface area (Å²) in [7, 11) is 0. The van der Waals surface area contributed by atoms with Gasteiger partial charge < -0.3 is 15.7 Å². The number of hydrogen-bond acceptors (Lipinski definition) is 3. The van der Waals surface area contributed by atoms with Crippen molar-refractivity contribution in [2.24, 2.45) is 11.7 Å². The standard InChI is InChI=1S/C15H21ClN2O2/c1-10(17)15(20)18-8-6-12(7-9-18)14(19)11-2-4-13(16)5-3-11/h2-5,10,12,14,19H,6-9,17H2,1H3/t10-,14-/m0/s1.